The number of hydrogen-bond donors (Lipinski definition) is 1. The summed E-state index contributed by atoms with van der Waals surface area (Å²) in [4.78, 5) is 20.2. The molecule has 1 N–H and O–H groups in total. The van der Waals surface area contributed by atoms with Crippen LogP contribution in [-0.4, -0.2) is 17.1 Å². The molecule has 4 aromatic rings. The molecule has 0 saturated heterocycles. The summed E-state index contributed by atoms with van der Waals surface area (Å²) in [7, 11) is 1.62. The van der Waals surface area contributed by atoms with Crippen LogP contribution >= 0.6 is 0 Å². The molecule has 0 unspecified atom stereocenters. The van der Waals surface area contributed by atoms with Crippen LogP contribution in [0.1, 0.15) is 0 Å². The summed E-state index contributed by atoms with van der Waals surface area (Å²) in [5.41, 5.74) is 4.71. The quantitative estimate of drug-likeness (QED) is 0.574. The van der Waals surface area contributed by atoms with Crippen molar-refractivity contribution in [3.05, 3.63) is 95.5 Å². The predicted octanol–water partition coefficient (Wildman–Crippen LogP) is 4.78. The van der Waals surface area contributed by atoms with Gasteiger partial charge in [-0.25, -0.2) is 0 Å². The highest BCUT2D eigenvalue weighted by atomic mass is 16.5. The van der Waals surface area contributed by atoms with Gasteiger partial charge in [0.25, 0.3) is 5.56 Å². The minimum atomic E-state index is -0.142. The second kappa shape index (κ2) is 7.30. The Labute approximate surface area is 157 Å². The van der Waals surface area contributed by atoms with Crippen LogP contribution in [0.4, 0.5) is 0 Å². The number of nitrogens with zero attached hydrogens (tertiary/aromatic N) is 1. The monoisotopic (exact) mass is 354 g/mol. The number of hydrogen-bond acceptors (Lipinski definition) is 3. The van der Waals surface area contributed by atoms with Crippen molar-refractivity contribution in [1.29, 1.82) is 0 Å². The molecule has 0 aliphatic rings. The van der Waals surface area contributed by atoms with E-state index in [9.17, 15) is 4.79 Å². The molecule has 2 aromatic heterocycles. The molecule has 0 aliphatic heterocycles. The van der Waals surface area contributed by atoms with Gasteiger partial charge >= 0.3 is 0 Å². The zero-order valence-corrected chi connectivity index (χ0v) is 14.8. The van der Waals surface area contributed by atoms with E-state index in [2.05, 4.69) is 9.97 Å². The first-order valence-corrected chi connectivity index (χ1v) is 8.64. The Morgan fingerprint density at radius 3 is 2.26 bits per heavy atom. The van der Waals surface area contributed by atoms with E-state index in [-0.39, 0.29) is 5.56 Å². The Morgan fingerprint density at radius 1 is 0.815 bits per heavy atom. The normalized spacial score (nSPS) is 10.6. The molecule has 0 fully saturated rings. The number of methoxy groups -OCH3 is 1. The molecule has 0 radical (unpaired) electrons. The number of aromatic amines is 1. The van der Waals surface area contributed by atoms with Crippen molar-refractivity contribution in [3.63, 3.8) is 0 Å². The Balaban J connectivity index is 2.01. The lowest BCUT2D eigenvalue weighted by atomic mass is 9.94. The Hall–Kier alpha value is -3.66. The Kier molecular flexibility index (Phi) is 4.54. The lowest BCUT2D eigenvalue weighted by molar-refractivity contribution is 0.416. The number of rotatable bonds is 4. The summed E-state index contributed by atoms with van der Waals surface area (Å²) in [5.74, 6) is 0.710. The molecular weight excluding hydrogens is 336 g/mol. The Morgan fingerprint density at radius 2 is 1.52 bits per heavy atom. The van der Waals surface area contributed by atoms with Gasteiger partial charge in [0, 0.05) is 18.0 Å². The van der Waals surface area contributed by atoms with E-state index in [1.807, 2.05) is 72.8 Å². The van der Waals surface area contributed by atoms with Gasteiger partial charge in [0.05, 0.1) is 18.4 Å². The number of nitrogens with one attached hydrogen (secondary N) is 1. The van der Waals surface area contributed by atoms with Crippen molar-refractivity contribution >= 4 is 0 Å². The number of H-pyrrole nitrogens is 1. The van der Waals surface area contributed by atoms with Crippen LogP contribution in [0.5, 0.6) is 5.75 Å². The molecule has 0 bridgehead atoms. The van der Waals surface area contributed by atoms with E-state index < -0.39 is 0 Å². The third-order valence-corrected chi connectivity index (χ3v) is 4.48. The molecule has 2 aromatic carbocycles. The third-order valence-electron chi connectivity index (χ3n) is 4.48. The predicted molar refractivity (Wildman–Crippen MR) is 108 cm³/mol. The van der Waals surface area contributed by atoms with Crippen LogP contribution in [0.25, 0.3) is 33.5 Å². The fourth-order valence-corrected chi connectivity index (χ4v) is 3.22. The molecule has 4 rings (SSSR count). The maximum absolute atomic E-state index is 13.1. The number of ether oxygens (including phenoxy) is 1. The average molecular weight is 354 g/mol. The second-order valence-electron chi connectivity index (χ2n) is 6.10. The van der Waals surface area contributed by atoms with Crippen molar-refractivity contribution in [3.8, 4) is 39.3 Å². The molecular formula is C23H18N2O2. The maximum Gasteiger partial charge on any atom is 0.256 e. The van der Waals surface area contributed by atoms with Gasteiger partial charge in [0.2, 0.25) is 0 Å². The fraction of sp³-hybridized carbons (Fsp3) is 0.0435. The van der Waals surface area contributed by atoms with Crippen LogP contribution in [-0.2, 0) is 0 Å². The van der Waals surface area contributed by atoms with Gasteiger partial charge in [0.1, 0.15) is 5.75 Å². The van der Waals surface area contributed by atoms with Crippen molar-refractivity contribution < 1.29 is 4.74 Å². The SMILES string of the molecule is COc1ccccc1-c1cc(-c2ccncc2)c(-c2ccccc2)c(=O)[nH]1. The number of benzene rings is 2. The second-order valence-corrected chi connectivity index (χ2v) is 6.10. The molecule has 27 heavy (non-hydrogen) atoms. The zero-order valence-electron chi connectivity index (χ0n) is 14.8. The van der Waals surface area contributed by atoms with Crippen molar-refractivity contribution in [2.45, 2.75) is 0 Å². The lowest BCUT2D eigenvalue weighted by Crippen LogP contribution is -2.12. The van der Waals surface area contributed by atoms with Crippen LogP contribution < -0.4 is 10.3 Å². The fourth-order valence-electron chi connectivity index (χ4n) is 3.22. The van der Waals surface area contributed by atoms with Gasteiger partial charge in [0.15, 0.2) is 0 Å². The van der Waals surface area contributed by atoms with E-state index in [0.29, 0.717) is 17.0 Å². The number of pyridine rings is 2. The summed E-state index contributed by atoms with van der Waals surface area (Å²) in [6, 6.07) is 23.1. The van der Waals surface area contributed by atoms with E-state index in [1.165, 1.54) is 0 Å². The largest absolute Gasteiger partial charge is 0.496 e. The van der Waals surface area contributed by atoms with E-state index in [0.717, 1.165) is 22.3 Å². The first-order valence-electron chi connectivity index (χ1n) is 8.64. The van der Waals surface area contributed by atoms with Crippen molar-refractivity contribution in [1.82, 2.24) is 9.97 Å². The van der Waals surface area contributed by atoms with Crippen LogP contribution in [0.3, 0.4) is 0 Å². The highest BCUT2D eigenvalue weighted by Crippen LogP contribution is 2.34. The van der Waals surface area contributed by atoms with Crippen molar-refractivity contribution in [2.24, 2.45) is 0 Å². The molecule has 132 valence electrons. The minimum absolute atomic E-state index is 0.142. The van der Waals surface area contributed by atoms with Crippen LogP contribution in [0.2, 0.25) is 0 Å². The summed E-state index contributed by atoms with van der Waals surface area (Å²) in [6.45, 7) is 0. The molecule has 0 amide bonds. The van der Waals surface area contributed by atoms with Gasteiger partial charge in [-0.2, -0.15) is 0 Å². The van der Waals surface area contributed by atoms with Crippen LogP contribution in [0, 0.1) is 0 Å². The van der Waals surface area contributed by atoms with Gasteiger partial charge in [-0.05, 0) is 47.0 Å². The highest BCUT2D eigenvalue weighted by molar-refractivity contribution is 5.85. The van der Waals surface area contributed by atoms with E-state index in [4.69, 9.17) is 4.74 Å². The first kappa shape index (κ1) is 16.8. The molecule has 0 saturated carbocycles. The lowest BCUT2D eigenvalue weighted by Gasteiger charge is -2.14. The highest BCUT2D eigenvalue weighted by Gasteiger charge is 2.16. The maximum atomic E-state index is 13.1. The van der Waals surface area contributed by atoms with E-state index in [1.54, 1.807) is 19.5 Å². The molecule has 0 atom stereocenters. The summed E-state index contributed by atoms with van der Waals surface area (Å²) >= 11 is 0. The van der Waals surface area contributed by atoms with Gasteiger partial charge in [-0.3, -0.25) is 9.78 Å². The first-order chi connectivity index (χ1) is 13.3. The molecule has 4 heteroatoms. The molecule has 0 aliphatic carbocycles. The van der Waals surface area contributed by atoms with Gasteiger partial charge < -0.3 is 9.72 Å². The molecule has 0 spiro atoms. The summed E-state index contributed by atoms with van der Waals surface area (Å²) in [6.07, 6.45) is 3.46. The smallest absolute Gasteiger partial charge is 0.256 e. The minimum Gasteiger partial charge on any atom is -0.496 e. The van der Waals surface area contributed by atoms with Crippen molar-refractivity contribution in [2.75, 3.05) is 7.11 Å². The van der Waals surface area contributed by atoms with Gasteiger partial charge in [-0.15, -0.1) is 0 Å². The standard InChI is InChI=1S/C23H18N2O2/c1-27-21-10-6-5-9-18(21)20-15-19(16-11-13-24-14-12-16)22(23(26)25-20)17-7-3-2-4-8-17/h2-15H,1H3,(H,25,26). The average Bonchev–Trinajstić information content (AvgIpc) is 2.74. The zero-order chi connectivity index (χ0) is 18.6. The summed E-state index contributed by atoms with van der Waals surface area (Å²) < 4.78 is 5.47. The molecule has 4 nitrogen and oxygen atoms in total. The third kappa shape index (κ3) is 3.25. The topological polar surface area (TPSA) is 55.0 Å². The Bertz CT molecular complexity index is 1120. The van der Waals surface area contributed by atoms with E-state index >= 15 is 0 Å². The number of aromatic nitrogens is 2. The van der Waals surface area contributed by atoms with Gasteiger partial charge in [-0.1, -0.05) is 42.5 Å². The summed E-state index contributed by atoms with van der Waals surface area (Å²) in [5, 5.41) is 0. The molecule has 2 heterocycles. The van der Waals surface area contributed by atoms with Crippen LogP contribution in [0.15, 0.2) is 90.0 Å². The number of para-hydroxylation sites is 1.